The number of nitrogens with zero attached hydrogens (tertiary/aromatic N) is 7. The van der Waals surface area contributed by atoms with Crippen LogP contribution in [0.4, 0.5) is 13.2 Å². The number of aliphatic carboxylic acids is 2. The highest BCUT2D eigenvalue weighted by Gasteiger charge is 2.36. The van der Waals surface area contributed by atoms with Gasteiger partial charge >= 0.3 is 18.1 Å². The summed E-state index contributed by atoms with van der Waals surface area (Å²) in [6.07, 6.45) is -1.40. The number of aromatic nitrogens is 7. The van der Waals surface area contributed by atoms with Gasteiger partial charge < -0.3 is 20.8 Å². The monoisotopic (exact) mass is 719 g/mol. The molecule has 0 spiro atoms. The van der Waals surface area contributed by atoms with Crippen LogP contribution in [0.2, 0.25) is 0 Å². The van der Waals surface area contributed by atoms with Gasteiger partial charge in [0.15, 0.2) is 5.78 Å². The number of aryl methyl sites for hydroxylation is 1. The molecule has 0 radical (unpaired) electrons. The number of carboxylic acid groups (broad SMARTS) is 2. The van der Waals surface area contributed by atoms with E-state index in [1.165, 1.54) is 41.3 Å². The van der Waals surface area contributed by atoms with E-state index in [0.29, 0.717) is 23.7 Å². The van der Waals surface area contributed by atoms with Crippen LogP contribution in [-0.2, 0) is 15.8 Å². The van der Waals surface area contributed by atoms with Gasteiger partial charge in [0.2, 0.25) is 0 Å². The van der Waals surface area contributed by atoms with Crippen molar-refractivity contribution >= 4 is 29.5 Å². The zero-order valence-electron chi connectivity index (χ0n) is 27.3. The van der Waals surface area contributed by atoms with Crippen LogP contribution in [-0.4, -0.2) is 87.8 Å². The number of halogens is 3. The van der Waals surface area contributed by atoms with Crippen LogP contribution in [0.15, 0.2) is 60.9 Å². The second-order valence-electron chi connectivity index (χ2n) is 11.3. The van der Waals surface area contributed by atoms with Gasteiger partial charge in [0.05, 0.1) is 46.3 Å². The fourth-order valence-corrected chi connectivity index (χ4v) is 4.99. The first kappa shape index (κ1) is 36.5. The lowest BCUT2D eigenvalue weighted by Gasteiger charge is -2.14. The van der Waals surface area contributed by atoms with Crippen LogP contribution >= 0.6 is 0 Å². The highest BCUT2D eigenvalue weighted by molar-refractivity contribution is 5.99. The number of amides is 2. The van der Waals surface area contributed by atoms with E-state index in [-0.39, 0.29) is 51.8 Å². The lowest BCUT2D eigenvalue weighted by molar-refractivity contribution is -0.138. The van der Waals surface area contributed by atoms with E-state index >= 15 is 0 Å². The molecule has 5 rings (SSSR count). The van der Waals surface area contributed by atoms with Crippen LogP contribution in [0.25, 0.3) is 34.2 Å². The van der Waals surface area contributed by atoms with Gasteiger partial charge in [-0.1, -0.05) is 17.4 Å². The van der Waals surface area contributed by atoms with Crippen LogP contribution in [0, 0.1) is 6.92 Å². The van der Waals surface area contributed by atoms with Crippen molar-refractivity contribution in [3.63, 3.8) is 0 Å². The summed E-state index contributed by atoms with van der Waals surface area (Å²) in [5.41, 5.74) is 0.0230. The average molecular weight is 720 g/mol. The number of alkyl halides is 3. The first-order valence-electron chi connectivity index (χ1n) is 15.4. The third-order valence-electron chi connectivity index (χ3n) is 7.47. The number of pyridine rings is 1. The van der Waals surface area contributed by atoms with Crippen molar-refractivity contribution in [2.75, 3.05) is 13.1 Å². The number of benzene rings is 2. The maximum absolute atomic E-state index is 14.0. The molecule has 52 heavy (non-hydrogen) atoms. The molecule has 0 atom stereocenters. The number of ketones is 1. The summed E-state index contributed by atoms with van der Waals surface area (Å²) in [5, 5.41) is 38.2. The number of hydrogen-bond acceptors (Lipinski definition) is 10. The second-order valence-corrected chi connectivity index (χ2v) is 11.3. The van der Waals surface area contributed by atoms with Crippen molar-refractivity contribution in [3.05, 3.63) is 88.7 Å². The molecule has 0 aliphatic rings. The Morgan fingerprint density at radius 3 is 1.71 bits per heavy atom. The molecule has 19 heteroatoms. The minimum atomic E-state index is -4.98. The van der Waals surface area contributed by atoms with Crippen molar-refractivity contribution in [1.82, 2.24) is 45.6 Å². The fraction of sp³-hybridized carbons (Fsp3) is 0.212. The number of carbonyl (C=O) groups is 5. The van der Waals surface area contributed by atoms with Gasteiger partial charge in [-0.25, -0.2) is 14.3 Å². The zero-order chi connectivity index (χ0) is 37.7. The zero-order valence-corrected chi connectivity index (χ0v) is 27.3. The van der Waals surface area contributed by atoms with Gasteiger partial charge in [-0.3, -0.25) is 24.0 Å². The normalized spacial score (nSPS) is 11.2. The first-order valence-corrected chi connectivity index (χ1v) is 15.4. The van der Waals surface area contributed by atoms with E-state index in [9.17, 15) is 37.1 Å². The van der Waals surface area contributed by atoms with Crippen molar-refractivity contribution in [2.45, 2.75) is 32.9 Å². The molecule has 3 aromatic heterocycles. The Bertz CT molecular complexity index is 2210. The summed E-state index contributed by atoms with van der Waals surface area (Å²) in [6.45, 7) is 2.08. The minimum Gasteiger partial charge on any atom is -0.480 e. The third kappa shape index (κ3) is 8.32. The molecule has 268 valence electrons. The van der Waals surface area contributed by atoms with Crippen LogP contribution in [0.3, 0.4) is 0 Å². The molecule has 0 aliphatic heterocycles. The van der Waals surface area contributed by atoms with Crippen molar-refractivity contribution in [3.8, 4) is 34.2 Å². The fourth-order valence-electron chi connectivity index (χ4n) is 4.99. The van der Waals surface area contributed by atoms with Gasteiger partial charge in [-0.05, 0) is 67.4 Å². The number of rotatable bonds is 13. The lowest BCUT2D eigenvalue weighted by atomic mass is 10.0. The lowest BCUT2D eigenvalue weighted by Crippen LogP contribution is -2.31. The van der Waals surface area contributed by atoms with E-state index in [4.69, 9.17) is 10.2 Å². The molecule has 2 amide bonds. The molecular weight excluding hydrogens is 691 g/mol. The number of Topliss-reactive ketones (excluding diaryl/α,β-unsaturated/α-hetero) is 1. The maximum Gasteiger partial charge on any atom is 0.417 e. The molecular formula is C33H28F3N9O7. The topological polar surface area (TPSA) is 224 Å². The molecule has 4 N–H and O–H groups in total. The highest BCUT2D eigenvalue weighted by Crippen LogP contribution is 2.34. The van der Waals surface area contributed by atoms with E-state index < -0.39 is 54.1 Å². The molecule has 0 unspecified atom stereocenters. The van der Waals surface area contributed by atoms with Gasteiger partial charge in [0, 0.05) is 17.5 Å². The Kier molecular flexibility index (Phi) is 10.5. The SMILES string of the molecule is CCCC(=O)c1cc(-c2cn(-c3ccc(C(=O)NCC(=O)O)c(C)c3)nn2)nc(-c2cn(-c3ccc(C(=O)NCC(=O)O)c(C(F)(F)F)c3)nn2)c1. The summed E-state index contributed by atoms with van der Waals surface area (Å²) < 4.78 is 44.3. The van der Waals surface area contributed by atoms with Crippen LogP contribution in [0.1, 0.15) is 62.0 Å². The molecule has 16 nitrogen and oxygen atoms in total. The minimum absolute atomic E-state index is 0.0871. The summed E-state index contributed by atoms with van der Waals surface area (Å²) in [7, 11) is 0. The molecule has 5 aromatic rings. The number of nitrogens with one attached hydrogen (secondary N) is 2. The Morgan fingerprint density at radius 2 is 1.23 bits per heavy atom. The maximum atomic E-state index is 14.0. The predicted octanol–water partition coefficient (Wildman–Crippen LogP) is 3.52. The van der Waals surface area contributed by atoms with Crippen molar-refractivity contribution < 1.29 is 47.4 Å². The van der Waals surface area contributed by atoms with Crippen molar-refractivity contribution in [1.29, 1.82) is 0 Å². The largest absolute Gasteiger partial charge is 0.480 e. The Labute approximate surface area is 291 Å². The molecule has 0 bridgehead atoms. The van der Waals surface area contributed by atoms with Gasteiger partial charge in [0.25, 0.3) is 11.8 Å². The smallest absolute Gasteiger partial charge is 0.417 e. The van der Waals surface area contributed by atoms with Crippen LogP contribution < -0.4 is 10.6 Å². The highest BCUT2D eigenvalue weighted by atomic mass is 19.4. The number of carboxylic acids is 2. The summed E-state index contributed by atoms with van der Waals surface area (Å²) in [4.78, 5) is 63.9. The number of carbonyl (C=O) groups excluding carboxylic acids is 3. The van der Waals surface area contributed by atoms with E-state index in [1.807, 2.05) is 12.2 Å². The Hall–Kier alpha value is -6.79. The summed E-state index contributed by atoms with van der Waals surface area (Å²) in [6, 6.07) is 10.5. The van der Waals surface area contributed by atoms with E-state index in [1.54, 1.807) is 19.1 Å². The summed E-state index contributed by atoms with van der Waals surface area (Å²) >= 11 is 0. The van der Waals surface area contributed by atoms with Gasteiger partial charge in [0.1, 0.15) is 24.5 Å². The molecule has 3 heterocycles. The average Bonchev–Trinajstić information content (AvgIpc) is 3.80. The molecule has 0 fully saturated rings. The standard InChI is InChI=1S/C33H28F3N9O7/c1-3-4-28(46)18-10-24(26-15-44(42-40-26)19-5-7-21(17(2)9-19)31(51)37-13-29(47)48)39-25(11-18)27-16-45(43-41-27)20-6-8-22(23(12-20)33(34,35)36)32(52)38-14-30(49)50/h5-12,15-16H,3-4,13-14H2,1-2H3,(H,37,51)(H,38,52)(H,47,48)(H,49,50). The number of hydrogen-bond donors (Lipinski definition) is 4. The second kappa shape index (κ2) is 15.0. The Balaban J connectivity index is 1.48. The molecule has 2 aromatic carbocycles. The van der Waals surface area contributed by atoms with E-state index in [2.05, 4.69) is 30.9 Å². The third-order valence-corrected chi connectivity index (χ3v) is 7.47. The molecule has 0 saturated heterocycles. The molecule has 0 aliphatic carbocycles. The van der Waals surface area contributed by atoms with E-state index in [0.717, 1.165) is 10.7 Å². The molecule has 0 saturated carbocycles. The Morgan fingerprint density at radius 1 is 0.731 bits per heavy atom. The summed E-state index contributed by atoms with van der Waals surface area (Å²) in [5.74, 6) is -4.62. The van der Waals surface area contributed by atoms with Gasteiger partial charge in [-0.2, -0.15) is 13.2 Å². The first-order chi connectivity index (χ1) is 24.6. The predicted molar refractivity (Wildman–Crippen MR) is 174 cm³/mol. The quantitative estimate of drug-likeness (QED) is 0.128. The van der Waals surface area contributed by atoms with Crippen molar-refractivity contribution in [2.24, 2.45) is 0 Å². The van der Waals surface area contributed by atoms with Crippen LogP contribution in [0.5, 0.6) is 0 Å². The van der Waals surface area contributed by atoms with Gasteiger partial charge in [-0.15, -0.1) is 10.2 Å².